The van der Waals surface area contributed by atoms with Crippen LogP contribution in [0.1, 0.15) is 18.1 Å². The average molecular weight is 732 g/mol. The molecule has 12 heteroatoms. The number of benzene rings is 3. The number of amides is 1. The quantitative estimate of drug-likeness (QED) is 0.0986. The Kier molecular flexibility index (Phi) is 10.2. The maximum atomic E-state index is 13.6. The predicted octanol–water partition coefficient (Wildman–Crippen LogP) is 7.38. The van der Waals surface area contributed by atoms with Gasteiger partial charge in [0, 0.05) is 20.6 Å². The van der Waals surface area contributed by atoms with Crippen molar-refractivity contribution in [2.45, 2.75) is 13.5 Å². The first kappa shape index (κ1) is 30.4. The van der Waals surface area contributed by atoms with Crippen LogP contribution in [-0.4, -0.2) is 42.2 Å². The topological polar surface area (TPSA) is 68.3 Å². The summed E-state index contributed by atoms with van der Waals surface area (Å²) in [5.74, 6) is 0.0571. The number of anilines is 1. The van der Waals surface area contributed by atoms with E-state index in [0.29, 0.717) is 44.4 Å². The number of carbonyl (C=O) groups is 2. The van der Waals surface area contributed by atoms with Crippen LogP contribution >= 0.6 is 69.6 Å². The van der Waals surface area contributed by atoms with E-state index < -0.39 is 11.9 Å². The van der Waals surface area contributed by atoms with Crippen LogP contribution in [0.2, 0.25) is 15.1 Å². The second-order valence-corrected chi connectivity index (χ2v) is 11.2. The number of ether oxygens (including phenoxy) is 3. The van der Waals surface area contributed by atoms with Gasteiger partial charge in [0.05, 0.1) is 23.0 Å². The van der Waals surface area contributed by atoms with Gasteiger partial charge in [-0.2, -0.15) is 0 Å². The number of thiocarbonyl (C=S) groups is 1. The summed E-state index contributed by atoms with van der Waals surface area (Å²) in [5.41, 5.74) is 2.13. The van der Waals surface area contributed by atoms with Gasteiger partial charge in [-0.25, -0.2) is 0 Å². The predicted molar refractivity (Wildman–Crippen MR) is 169 cm³/mol. The minimum atomic E-state index is -0.548. The van der Waals surface area contributed by atoms with Gasteiger partial charge in [0.1, 0.15) is 18.8 Å². The Labute approximate surface area is 265 Å². The summed E-state index contributed by atoms with van der Waals surface area (Å²) < 4.78 is 17.6. The van der Waals surface area contributed by atoms with Gasteiger partial charge in [0.15, 0.2) is 16.6 Å². The van der Waals surface area contributed by atoms with E-state index >= 15 is 0 Å². The van der Waals surface area contributed by atoms with Gasteiger partial charge >= 0.3 is 5.97 Å². The Balaban J connectivity index is 1.71. The summed E-state index contributed by atoms with van der Waals surface area (Å²) in [7, 11) is 1.27. The molecule has 4 rings (SSSR count). The lowest BCUT2D eigenvalue weighted by atomic mass is 10.1. The average Bonchev–Trinajstić information content (AvgIpc) is 3.13. The number of nitrogens with zero attached hydrogens (tertiary/aromatic N) is 2. The van der Waals surface area contributed by atoms with Crippen molar-refractivity contribution in [3.8, 4) is 11.5 Å². The van der Waals surface area contributed by atoms with Gasteiger partial charge in [-0.1, -0.05) is 40.9 Å². The summed E-state index contributed by atoms with van der Waals surface area (Å²) in [6.45, 7) is 2.20. The van der Waals surface area contributed by atoms with Gasteiger partial charge in [-0.3, -0.25) is 14.5 Å². The van der Waals surface area contributed by atoms with E-state index in [1.807, 2.05) is 13.0 Å². The first-order valence-electron chi connectivity index (χ1n) is 11.9. The van der Waals surface area contributed by atoms with Gasteiger partial charge in [0.2, 0.25) is 0 Å². The molecule has 1 heterocycles. The number of esters is 1. The lowest BCUT2D eigenvalue weighted by molar-refractivity contribution is -0.140. The van der Waals surface area contributed by atoms with Crippen LogP contribution < -0.4 is 14.4 Å². The SMILES string of the molecule is CCOc1cc(/C=C2/C(=O)N(c3ccc(Cl)cc3)C(=S)N2CC(=O)OC)cc(I)c1OCc1ccc(Cl)cc1Cl. The molecule has 40 heavy (non-hydrogen) atoms. The zero-order valence-corrected chi connectivity index (χ0v) is 26.5. The lowest BCUT2D eigenvalue weighted by Crippen LogP contribution is -2.35. The minimum absolute atomic E-state index is 0.142. The molecule has 0 spiro atoms. The largest absolute Gasteiger partial charge is 0.490 e. The van der Waals surface area contributed by atoms with E-state index in [4.69, 9.17) is 61.2 Å². The van der Waals surface area contributed by atoms with Crippen molar-refractivity contribution >= 4 is 98.4 Å². The van der Waals surface area contributed by atoms with Crippen molar-refractivity contribution in [3.63, 3.8) is 0 Å². The van der Waals surface area contributed by atoms with Crippen molar-refractivity contribution in [1.29, 1.82) is 0 Å². The fourth-order valence-corrected chi connectivity index (χ4v) is 5.59. The summed E-state index contributed by atoms with van der Waals surface area (Å²) in [6.07, 6.45) is 1.65. The smallest absolute Gasteiger partial charge is 0.325 e. The third-order valence-electron chi connectivity index (χ3n) is 5.76. The molecular formula is C28H22Cl3IN2O5S. The Hall–Kier alpha value is -2.57. The summed E-state index contributed by atoms with van der Waals surface area (Å²) >= 11 is 26.1. The number of halogens is 4. The van der Waals surface area contributed by atoms with E-state index in [1.54, 1.807) is 54.6 Å². The van der Waals surface area contributed by atoms with E-state index in [9.17, 15) is 9.59 Å². The monoisotopic (exact) mass is 730 g/mol. The van der Waals surface area contributed by atoms with Crippen LogP contribution in [0.5, 0.6) is 11.5 Å². The highest BCUT2D eigenvalue weighted by Crippen LogP contribution is 2.37. The molecule has 1 amide bonds. The summed E-state index contributed by atoms with van der Waals surface area (Å²) in [6, 6.07) is 15.5. The van der Waals surface area contributed by atoms with Crippen molar-refractivity contribution in [1.82, 2.24) is 4.90 Å². The molecule has 0 aromatic heterocycles. The normalized spacial score (nSPS) is 14.2. The number of rotatable bonds is 9. The molecule has 1 fully saturated rings. The van der Waals surface area contributed by atoms with Crippen LogP contribution in [0.3, 0.4) is 0 Å². The van der Waals surface area contributed by atoms with E-state index in [-0.39, 0.29) is 24.0 Å². The molecule has 3 aromatic rings. The van der Waals surface area contributed by atoms with E-state index in [1.165, 1.54) is 16.9 Å². The molecule has 3 aromatic carbocycles. The van der Waals surface area contributed by atoms with Crippen LogP contribution in [0.15, 0.2) is 60.3 Å². The van der Waals surface area contributed by atoms with E-state index in [0.717, 1.165) is 9.13 Å². The third-order valence-corrected chi connectivity index (χ3v) is 7.80. The Morgan fingerprint density at radius 3 is 2.38 bits per heavy atom. The number of methoxy groups -OCH3 is 1. The number of hydrogen-bond donors (Lipinski definition) is 0. The highest BCUT2D eigenvalue weighted by Gasteiger charge is 2.40. The maximum Gasteiger partial charge on any atom is 0.325 e. The Bertz CT molecular complexity index is 1500. The Morgan fingerprint density at radius 1 is 1.02 bits per heavy atom. The highest BCUT2D eigenvalue weighted by molar-refractivity contribution is 14.1. The molecule has 1 saturated heterocycles. The fourth-order valence-electron chi connectivity index (χ4n) is 3.87. The van der Waals surface area contributed by atoms with Crippen LogP contribution in [-0.2, 0) is 20.9 Å². The molecule has 0 atom stereocenters. The van der Waals surface area contributed by atoms with Crippen LogP contribution in [0.4, 0.5) is 5.69 Å². The Morgan fingerprint density at radius 2 is 1.73 bits per heavy atom. The van der Waals surface area contributed by atoms with Crippen LogP contribution in [0, 0.1) is 3.57 Å². The van der Waals surface area contributed by atoms with Crippen molar-refractivity contribution < 1.29 is 23.8 Å². The van der Waals surface area contributed by atoms with Crippen molar-refractivity contribution in [2.24, 2.45) is 0 Å². The second kappa shape index (κ2) is 13.4. The molecule has 0 bridgehead atoms. The standard InChI is InChI=1S/C28H22Cl3IN2O5S/c1-3-38-24-12-16(10-22(32)26(24)39-15-17-4-5-19(30)13-21(17)31)11-23-27(36)34(20-8-6-18(29)7-9-20)28(40)33(23)14-25(35)37-2/h4-13H,3,14-15H2,1-2H3/b23-11-. The van der Waals surface area contributed by atoms with E-state index in [2.05, 4.69) is 22.6 Å². The second-order valence-electron chi connectivity index (χ2n) is 8.38. The molecule has 1 aliphatic heterocycles. The summed E-state index contributed by atoms with van der Waals surface area (Å²) in [4.78, 5) is 28.6. The van der Waals surface area contributed by atoms with Crippen LogP contribution in [0.25, 0.3) is 6.08 Å². The summed E-state index contributed by atoms with van der Waals surface area (Å²) in [5, 5.41) is 1.69. The molecular weight excluding hydrogens is 710 g/mol. The molecule has 0 N–H and O–H groups in total. The fraction of sp³-hybridized carbons (Fsp3) is 0.179. The molecule has 1 aliphatic rings. The molecule has 7 nitrogen and oxygen atoms in total. The zero-order chi connectivity index (χ0) is 29.0. The first-order valence-corrected chi connectivity index (χ1v) is 14.5. The maximum absolute atomic E-state index is 13.6. The molecule has 0 aliphatic carbocycles. The third kappa shape index (κ3) is 6.83. The number of carbonyl (C=O) groups excluding carboxylic acids is 2. The molecule has 0 saturated carbocycles. The lowest BCUT2D eigenvalue weighted by Gasteiger charge is -2.19. The minimum Gasteiger partial charge on any atom is -0.490 e. The van der Waals surface area contributed by atoms with Gasteiger partial charge in [-0.05, 0) is 102 Å². The van der Waals surface area contributed by atoms with Gasteiger partial charge < -0.3 is 19.1 Å². The number of hydrogen-bond acceptors (Lipinski definition) is 6. The molecule has 0 unspecified atom stereocenters. The first-order chi connectivity index (χ1) is 19.1. The molecule has 0 radical (unpaired) electrons. The van der Waals surface area contributed by atoms with Gasteiger partial charge in [0.25, 0.3) is 5.91 Å². The molecule has 208 valence electrons. The highest BCUT2D eigenvalue weighted by atomic mass is 127. The van der Waals surface area contributed by atoms with Gasteiger partial charge in [-0.15, -0.1) is 0 Å². The van der Waals surface area contributed by atoms with Crippen molar-refractivity contribution in [2.75, 3.05) is 25.2 Å². The zero-order valence-electron chi connectivity index (χ0n) is 21.3. The van der Waals surface area contributed by atoms with Crippen molar-refractivity contribution in [3.05, 3.63) is 90.1 Å².